The number of aromatic amines is 1. The Morgan fingerprint density at radius 2 is 1.95 bits per heavy atom. The van der Waals surface area contributed by atoms with Crippen molar-refractivity contribution >= 4 is 5.70 Å². The normalized spacial score (nSPS) is 23.2. The van der Waals surface area contributed by atoms with Gasteiger partial charge in [0.25, 0.3) is 11.3 Å². The van der Waals surface area contributed by atoms with Gasteiger partial charge in [-0.3, -0.25) is 4.79 Å². The monoisotopic (exact) mass is 275 g/mol. The number of H-pyrrole nitrogens is 1. The Morgan fingerprint density at radius 1 is 1.32 bits per heavy atom. The van der Waals surface area contributed by atoms with Gasteiger partial charge < -0.3 is 15.5 Å². The second-order valence-electron chi connectivity index (χ2n) is 4.41. The number of hydrogen-bond acceptors (Lipinski definition) is 4. The summed E-state index contributed by atoms with van der Waals surface area (Å²) >= 11 is 0. The van der Waals surface area contributed by atoms with Crippen LogP contribution in [0.2, 0.25) is 0 Å². The van der Waals surface area contributed by atoms with Crippen molar-refractivity contribution in [2.75, 3.05) is 0 Å². The standard InChI is InChI=1S/C11H12F3N3O2/c1-5-3-6(2)15-9(18)8(5)7-4-10(19,17-16-7)11(12,13)14/h3-4,16-17,19H,1-2H3,(H,15,18). The maximum atomic E-state index is 12.6. The Balaban J connectivity index is 2.52. The molecule has 0 amide bonds. The lowest BCUT2D eigenvalue weighted by Crippen LogP contribution is -2.55. The minimum absolute atomic E-state index is 0.0540. The molecule has 1 aliphatic rings. The van der Waals surface area contributed by atoms with E-state index in [9.17, 15) is 23.1 Å². The average molecular weight is 275 g/mol. The van der Waals surface area contributed by atoms with Gasteiger partial charge in [-0.15, -0.1) is 0 Å². The van der Waals surface area contributed by atoms with Gasteiger partial charge in [0.05, 0.1) is 11.3 Å². The third-order valence-corrected chi connectivity index (χ3v) is 2.81. The van der Waals surface area contributed by atoms with Crippen molar-refractivity contribution < 1.29 is 18.3 Å². The van der Waals surface area contributed by atoms with Crippen molar-refractivity contribution in [3.8, 4) is 0 Å². The predicted octanol–water partition coefficient (Wildman–Crippen LogP) is 0.691. The topological polar surface area (TPSA) is 77.2 Å². The van der Waals surface area contributed by atoms with E-state index < -0.39 is 17.5 Å². The molecule has 1 unspecified atom stereocenters. The van der Waals surface area contributed by atoms with Crippen LogP contribution in [0.3, 0.4) is 0 Å². The van der Waals surface area contributed by atoms with Crippen LogP contribution in [0.1, 0.15) is 16.8 Å². The summed E-state index contributed by atoms with van der Waals surface area (Å²) in [5.41, 5.74) is 1.26. The Bertz CT molecular complexity index is 606. The van der Waals surface area contributed by atoms with Gasteiger partial charge in [0.1, 0.15) is 0 Å². The van der Waals surface area contributed by atoms with Crippen LogP contribution in [0.25, 0.3) is 5.70 Å². The molecule has 1 aromatic rings. The van der Waals surface area contributed by atoms with Crippen LogP contribution in [0.4, 0.5) is 13.2 Å². The minimum Gasteiger partial charge on any atom is -0.363 e. The van der Waals surface area contributed by atoms with E-state index in [1.807, 2.05) is 0 Å². The quantitative estimate of drug-likeness (QED) is 0.608. The van der Waals surface area contributed by atoms with Gasteiger partial charge >= 0.3 is 6.18 Å². The fourth-order valence-corrected chi connectivity index (χ4v) is 1.92. The molecule has 0 aliphatic carbocycles. The van der Waals surface area contributed by atoms with E-state index in [2.05, 4.69) is 10.4 Å². The highest BCUT2D eigenvalue weighted by molar-refractivity contribution is 5.68. The molecule has 0 saturated heterocycles. The van der Waals surface area contributed by atoms with E-state index in [-0.39, 0.29) is 11.3 Å². The number of nitrogens with one attached hydrogen (secondary N) is 3. The Morgan fingerprint density at radius 3 is 2.42 bits per heavy atom. The van der Waals surface area contributed by atoms with Gasteiger partial charge in [0.2, 0.25) is 0 Å². The highest BCUT2D eigenvalue weighted by Gasteiger charge is 2.55. The first-order valence-electron chi connectivity index (χ1n) is 5.40. The summed E-state index contributed by atoms with van der Waals surface area (Å²) in [5, 5.41) is 9.41. The van der Waals surface area contributed by atoms with Gasteiger partial charge in [-0.05, 0) is 31.6 Å². The summed E-state index contributed by atoms with van der Waals surface area (Å²) in [6.07, 6.45) is -4.35. The maximum Gasteiger partial charge on any atom is 0.436 e. The molecular formula is C11H12F3N3O2. The zero-order chi connectivity index (χ0) is 14.4. The number of aromatic nitrogens is 1. The number of aryl methyl sites for hydroxylation is 2. The highest BCUT2D eigenvalue weighted by atomic mass is 19.4. The molecule has 8 heteroatoms. The number of pyridine rings is 1. The molecule has 0 spiro atoms. The smallest absolute Gasteiger partial charge is 0.363 e. The van der Waals surface area contributed by atoms with Crippen molar-refractivity contribution in [2.24, 2.45) is 0 Å². The van der Waals surface area contributed by atoms with Crippen LogP contribution in [0.5, 0.6) is 0 Å². The molecule has 1 aliphatic heterocycles. The van der Waals surface area contributed by atoms with Gasteiger partial charge in [-0.2, -0.15) is 18.6 Å². The van der Waals surface area contributed by atoms with Gasteiger partial charge in [-0.25, -0.2) is 0 Å². The number of hydrogen-bond donors (Lipinski definition) is 4. The van der Waals surface area contributed by atoms with Gasteiger partial charge in [-0.1, -0.05) is 0 Å². The van der Waals surface area contributed by atoms with Crippen LogP contribution in [-0.4, -0.2) is 22.0 Å². The van der Waals surface area contributed by atoms with Gasteiger partial charge in [0.15, 0.2) is 0 Å². The fourth-order valence-electron chi connectivity index (χ4n) is 1.92. The third kappa shape index (κ3) is 2.24. The molecule has 1 aromatic heterocycles. The zero-order valence-electron chi connectivity index (χ0n) is 10.1. The van der Waals surface area contributed by atoms with Gasteiger partial charge in [0, 0.05) is 5.69 Å². The molecule has 2 heterocycles. The van der Waals surface area contributed by atoms with Crippen LogP contribution in [0, 0.1) is 13.8 Å². The minimum atomic E-state index is -4.90. The average Bonchev–Trinajstić information content (AvgIpc) is 2.59. The summed E-state index contributed by atoms with van der Waals surface area (Å²) in [5.74, 6) is 0. The van der Waals surface area contributed by atoms with E-state index in [1.54, 1.807) is 25.3 Å². The zero-order valence-corrected chi connectivity index (χ0v) is 10.1. The molecule has 0 saturated carbocycles. The number of alkyl halides is 3. The second-order valence-corrected chi connectivity index (χ2v) is 4.41. The lowest BCUT2D eigenvalue weighted by molar-refractivity contribution is -0.250. The van der Waals surface area contributed by atoms with E-state index in [0.29, 0.717) is 17.3 Å². The lowest BCUT2D eigenvalue weighted by atomic mass is 10.1. The predicted molar refractivity (Wildman–Crippen MR) is 61.8 cm³/mol. The molecule has 0 radical (unpaired) electrons. The highest BCUT2D eigenvalue weighted by Crippen LogP contribution is 2.33. The summed E-state index contributed by atoms with van der Waals surface area (Å²) in [7, 11) is 0. The van der Waals surface area contributed by atoms with Crippen molar-refractivity contribution in [3.05, 3.63) is 39.3 Å². The SMILES string of the molecule is Cc1cc(C)c(C2=CC(O)(C(F)(F)F)NN2)c(=O)[nH]1. The molecule has 5 nitrogen and oxygen atoms in total. The largest absolute Gasteiger partial charge is 0.436 e. The van der Waals surface area contributed by atoms with E-state index in [1.165, 1.54) is 0 Å². The lowest BCUT2D eigenvalue weighted by Gasteiger charge is -2.23. The second kappa shape index (κ2) is 4.10. The molecule has 0 fully saturated rings. The van der Waals surface area contributed by atoms with Crippen molar-refractivity contribution in [3.63, 3.8) is 0 Å². The number of aliphatic hydroxyl groups is 1. The number of halogens is 3. The molecule has 0 bridgehead atoms. The van der Waals surface area contributed by atoms with E-state index in [0.717, 1.165) is 0 Å². The van der Waals surface area contributed by atoms with Crippen LogP contribution >= 0.6 is 0 Å². The Hall–Kier alpha value is -1.80. The van der Waals surface area contributed by atoms with E-state index >= 15 is 0 Å². The van der Waals surface area contributed by atoms with Crippen molar-refractivity contribution in [1.29, 1.82) is 0 Å². The third-order valence-electron chi connectivity index (χ3n) is 2.81. The molecule has 4 N–H and O–H groups in total. The van der Waals surface area contributed by atoms with E-state index in [4.69, 9.17) is 0 Å². The first-order chi connectivity index (χ1) is 8.64. The summed E-state index contributed by atoms with van der Waals surface area (Å²) in [6, 6.07) is 1.63. The van der Waals surface area contributed by atoms with Crippen LogP contribution < -0.4 is 16.4 Å². The first kappa shape index (κ1) is 13.6. The summed E-state index contributed by atoms with van der Waals surface area (Å²) in [6.45, 7) is 3.27. The summed E-state index contributed by atoms with van der Waals surface area (Å²) in [4.78, 5) is 14.3. The Labute approximate surface area is 106 Å². The summed E-state index contributed by atoms with van der Waals surface area (Å²) < 4.78 is 37.8. The molecule has 104 valence electrons. The molecule has 1 atom stereocenters. The first-order valence-corrected chi connectivity index (χ1v) is 5.40. The molecule has 2 rings (SSSR count). The van der Waals surface area contributed by atoms with Crippen LogP contribution in [-0.2, 0) is 0 Å². The fraction of sp³-hybridized carbons (Fsp3) is 0.364. The molecular weight excluding hydrogens is 263 g/mol. The number of hydrazine groups is 1. The molecule has 0 aromatic carbocycles. The Kier molecular flexibility index (Phi) is 2.94. The van der Waals surface area contributed by atoms with Crippen LogP contribution in [0.15, 0.2) is 16.9 Å². The maximum absolute atomic E-state index is 12.6. The molecule has 19 heavy (non-hydrogen) atoms. The number of rotatable bonds is 1. The van der Waals surface area contributed by atoms with Crippen molar-refractivity contribution in [1.82, 2.24) is 15.8 Å². The van der Waals surface area contributed by atoms with Crippen molar-refractivity contribution in [2.45, 2.75) is 25.7 Å².